The monoisotopic (exact) mass is 250 g/mol. The Morgan fingerprint density at radius 2 is 1.61 bits per heavy atom. The summed E-state index contributed by atoms with van der Waals surface area (Å²) in [6.45, 7) is -0.433. The number of nitrogens with one attached hydrogen (secondary N) is 1. The number of carboxylic acid groups (broad SMARTS) is 1. The van der Waals surface area contributed by atoms with E-state index in [0.717, 1.165) is 0 Å². The van der Waals surface area contributed by atoms with Gasteiger partial charge in [0.05, 0.1) is 0 Å². The van der Waals surface area contributed by atoms with Gasteiger partial charge in [0.25, 0.3) is 11.8 Å². The molecule has 2 amide bonds. The Morgan fingerprint density at radius 3 is 2.06 bits per heavy atom. The van der Waals surface area contributed by atoms with Crippen molar-refractivity contribution >= 4 is 17.8 Å². The lowest BCUT2D eigenvalue weighted by Crippen LogP contribution is -2.29. The summed E-state index contributed by atoms with van der Waals surface area (Å²) in [5.74, 6) is -1.75. The molecule has 6 nitrogen and oxygen atoms in total. The zero-order valence-corrected chi connectivity index (χ0v) is 10.1. The molecule has 0 spiro atoms. The highest BCUT2D eigenvalue weighted by atomic mass is 16.4. The highest BCUT2D eigenvalue weighted by Crippen LogP contribution is 2.06. The molecule has 0 radical (unpaired) electrons. The van der Waals surface area contributed by atoms with E-state index in [-0.39, 0.29) is 5.91 Å². The standard InChI is InChI=1S/C12H14N2O4/c1-14(2)12(18)9-5-3-8(4-6-9)11(17)13-7-10(15)16/h3-6H,7H2,1-2H3,(H,13,17)(H,15,16). The number of carbonyl (C=O) groups is 3. The fourth-order valence-corrected chi connectivity index (χ4v) is 1.28. The molecule has 0 atom stereocenters. The second-order valence-corrected chi connectivity index (χ2v) is 3.85. The molecule has 0 aliphatic rings. The van der Waals surface area contributed by atoms with E-state index in [9.17, 15) is 14.4 Å². The largest absolute Gasteiger partial charge is 0.480 e. The van der Waals surface area contributed by atoms with Gasteiger partial charge in [-0.25, -0.2) is 0 Å². The lowest BCUT2D eigenvalue weighted by molar-refractivity contribution is -0.135. The number of hydrogen-bond donors (Lipinski definition) is 2. The van der Waals surface area contributed by atoms with Crippen LogP contribution in [0.4, 0.5) is 0 Å². The van der Waals surface area contributed by atoms with Gasteiger partial charge >= 0.3 is 5.97 Å². The van der Waals surface area contributed by atoms with Crippen LogP contribution in [0.1, 0.15) is 20.7 Å². The van der Waals surface area contributed by atoms with Crippen LogP contribution in [0.5, 0.6) is 0 Å². The molecular weight excluding hydrogens is 236 g/mol. The van der Waals surface area contributed by atoms with Crippen LogP contribution in [-0.4, -0.2) is 48.4 Å². The van der Waals surface area contributed by atoms with E-state index in [1.165, 1.54) is 29.2 Å². The highest BCUT2D eigenvalue weighted by molar-refractivity contribution is 5.98. The lowest BCUT2D eigenvalue weighted by atomic mass is 10.1. The van der Waals surface area contributed by atoms with Crippen molar-refractivity contribution in [3.05, 3.63) is 35.4 Å². The predicted octanol–water partition coefficient (Wildman–Crippen LogP) is 0.203. The number of nitrogens with zero attached hydrogens (tertiary/aromatic N) is 1. The Bertz CT molecular complexity index is 465. The first kappa shape index (κ1) is 13.7. The number of carbonyl (C=O) groups excluding carboxylic acids is 2. The van der Waals surface area contributed by atoms with E-state index in [4.69, 9.17) is 5.11 Å². The fourth-order valence-electron chi connectivity index (χ4n) is 1.28. The summed E-state index contributed by atoms with van der Waals surface area (Å²) in [5.41, 5.74) is 0.779. The van der Waals surface area contributed by atoms with Crippen LogP contribution in [-0.2, 0) is 4.79 Å². The number of benzene rings is 1. The van der Waals surface area contributed by atoms with Gasteiger partial charge in [0.15, 0.2) is 0 Å². The van der Waals surface area contributed by atoms with Crippen molar-refractivity contribution in [2.24, 2.45) is 0 Å². The van der Waals surface area contributed by atoms with Gasteiger partial charge in [-0.2, -0.15) is 0 Å². The summed E-state index contributed by atoms with van der Waals surface area (Å²) in [6, 6.07) is 6.01. The molecule has 0 heterocycles. The zero-order valence-electron chi connectivity index (χ0n) is 10.1. The molecule has 6 heteroatoms. The first-order chi connectivity index (χ1) is 8.41. The summed E-state index contributed by atoms with van der Waals surface area (Å²) in [7, 11) is 3.27. The van der Waals surface area contributed by atoms with Gasteiger partial charge in [0.2, 0.25) is 0 Å². The van der Waals surface area contributed by atoms with E-state index in [1.807, 2.05) is 0 Å². The van der Waals surface area contributed by atoms with Crippen molar-refractivity contribution in [1.29, 1.82) is 0 Å². The summed E-state index contributed by atoms with van der Waals surface area (Å²) in [5, 5.41) is 10.7. The van der Waals surface area contributed by atoms with Gasteiger partial charge in [-0.15, -0.1) is 0 Å². The van der Waals surface area contributed by atoms with E-state index >= 15 is 0 Å². The van der Waals surface area contributed by atoms with Crippen molar-refractivity contribution in [3.63, 3.8) is 0 Å². The fraction of sp³-hybridized carbons (Fsp3) is 0.250. The minimum atomic E-state index is -1.11. The van der Waals surface area contributed by atoms with E-state index in [0.29, 0.717) is 11.1 Å². The molecule has 0 saturated carbocycles. The SMILES string of the molecule is CN(C)C(=O)c1ccc(C(=O)NCC(=O)O)cc1. The molecule has 0 aliphatic heterocycles. The minimum absolute atomic E-state index is 0.160. The van der Waals surface area contributed by atoms with Crippen LogP contribution in [0.2, 0.25) is 0 Å². The molecule has 0 aromatic heterocycles. The third-order valence-corrected chi connectivity index (χ3v) is 2.20. The molecule has 0 fully saturated rings. The van der Waals surface area contributed by atoms with Crippen LogP contribution < -0.4 is 5.32 Å². The number of hydrogen-bond acceptors (Lipinski definition) is 3. The van der Waals surface area contributed by atoms with Crippen molar-refractivity contribution in [2.75, 3.05) is 20.6 Å². The van der Waals surface area contributed by atoms with Crippen molar-refractivity contribution < 1.29 is 19.5 Å². The van der Waals surface area contributed by atoms with Gasteiger partial charge < -0.3 is 15.3 Å². The van der Waals surface area contributed by atoms with Gasteiger partial charge in [-0.05, 0) is 24.3 Å². The average Bonchev–Trinajstić information content (AvgIpc) is 2.35. The second-order valence-electron chi connectivity index (χ2n) is 3.85. The Hall–Kier alpha value is -2.37. The van der Waals surface area contributed by atoms with Crippen LogP contribution in [0.3, 0.4) is 0 Å². The van der Waals surface area contributed by atoms with Gasteiger partial charge in [0.1, 0.15) is 6.54 Å². The molecule has 96 valence electrons. The van der Waals surface area contributed by atoms with Crippen molar-refractivity contribution in [3.8, 4) is 0 Å². The molecule has 1 aromatic rings. The molecule has 18 heavy (non-hydrogen) atoms. The maximum absolute atomic E-state index is 11.6. The lowest BCUT2D eigenvalue weighted by Gasteiger charge is -2.10. The normalized spacial score (nSPS) is 9.67. The quantitative estimate of drug-likeness (QED) is 0.799. The Morgan fingerprint density at radius 1 is 1.11 bits per heavy atom. The van der Waals surface area contributed by atoms with Crippen LogP contribution >= 0.6 is 0 Å². The molecule has 0 bridgehead atoms. The molecule has 0 aliphatic carbocycles. The van der Waals surface area contributed by atoms with Crippen molar-refractivity contribution in [1.82, 2.24) is 10.2 Å². The van der Waals surface area contributed by atoms with Gasteiger partial charge in [-0.3, -0.25) is 14.4 Å². The molecule has 0 saturated heterocycles. The molecule has 1 rings (SSSR count). The minimum Gasteiger partial charge on any atom is -0.480 e. The maximum Gasteiger partial charge on any atom is 0.322 e. The summed E-state index contributed by atoms with van der Waals surface area (Å²) in [6.07, 6.45) is 0. The molecule has 0 unspecified atom stereocenters. The van der Waals surface area contributed by atoms with E-state index in [1.54, 1.807) is 14.1 Å². The number of carboxylic acids is 1. The summed E-state index contributed by atoms with van der Waals surface area (Å²) >= 11 is 0. The first-order valence-electron chi connectivity index (χ1n) is 5.23. The highest BCUT2D eigenvalue weighted by Gasteiger charge is 2.10. The molecule has 2 N–H and O–H groups in total. The van der Waals surface area contributed by atoms with Crippen LogP contribution in [0.15, 0.2) is 24.3 Å². The average molecular weight is 250 g/mol. The number of amides is 2. The summed E-state index contributed by atoms with van der Waals surface area (Å²) < 4.78 is 0. The number of aliphatic carboxylic acids is 1. The number of rotatable bonds is 4. The Labute approximate surface area is 104 Å². The molecule has 1 aromatic carbocycles. The molecular formula is C12H14N2O4. The van der Waals surface area contributed by atoms with E-state index < -0.39 is 18.4 Å². The predicted molar refractivity (Wildman–Crippen MR) is 64.4 cm³/mol. The van der Waals surface area contributed by atoms with Gasteiger partial charge in [0, 0.05) is 25.2 Å². The maximum atomic E-state index is 11.6. The Balaban J connectivity index is 2.73. The third kappa shape index (κ3) is 3.58. The summed E-state index contributed by atoms with van der Waals surface area (Å²) in [4.78, 5) is 34.8. The topological polar surface area (TPSA) is 86.7 Å². The zero-order chi connectivity index (χ0) is 13.7. The Kier molecular flexibility index (Phi) is 4.42. The third-order valence-electron chi connectivity index (χ3n) is 2.20. The van der Waals surface area contributed by atoms with Crippen LogP contribution in [0.25, 0.3) is 0 Å². The smallest absolute Gasteiger partial charge is 0.322 e. The van der Waals surface area contributed by atoms with E-state index in [2.05, 4.69) is 5.32 Å². The van der Waals surface area contributed by atoms with Crippen LogP contribution in [0, 0.1) is 0 Å². The van der Waals surface area contributed by atoms with Gasteiger partial charge in [-0.1, -0.05) is 0 Å². The first-order valence-corrected chi connectivity index (χ1v) is 5.23. The van der Waals surface area contributed by atoms with Crippen molar-refractivity contribution in [2.45, 2.75) is 0 Å². The second kappa shape index (κ2) is 5.81.